The van der Waals surface area contributed by atoms with Gasteiger partial charge in [0, 0.05) is 25.1 Å². The minimum atomic E-state index is -0.845. The van der Waals surface area contributed by atoms with E-state index in [1.54, 1.807) is 30.3 Å². The summed E-state index contributed by atoms with van der Waals surface area (Å²) < 4.78 is 16.7. The minimum Gasteiger partial charge on any atom is -0.507 e. The molecule has 2 saturated heterocycles. The fraction of sp³-hybridized carbons (Fsp3) is 0.385. The summed E-state index contributed by atoms with van der Waals surface area (Å²) in [6.07, 6.45) is 2.23. The Bertz CT molecular complexity index is 1180. The number of rotatable bonds is 5. The molecule has 2 aromatic carbocycles. The molecule has 34 heavy (non-hydrogen) atoms. The van der Waals surface area contributed by atoms with E-state index < -0.39 is 17.7 Å². The van der Waals surface area contributed by atoms with E-state index in [0.717, 1.165) is 24.2 Å². The number of ketones is 1. The number of aromatic hydroxyl groups is 1. The van der Waals surface area contributed by atoms with Crippen molar-refractivity contribution in [2.24, 2.45) is 0 Å². The summed E-state index contributed by atoms with van der Waals surface area (Å²) in [5.74, 6) is -0.779. The van der Waals surface area contributed by atoms with E-state index in [1.807, 2.05) is 6.92 Å². The molecule has 0 radical (unpaired) electrons. The molecule has 3 aliphatic rings. The molecule has 3 aliphatic heterocycles. The molecule has 0 aromatic heterocycles. The molecule has 3 atom stereocenters. The third-order valence-electron chi connectivity index (χ3n) is 6.65. The van der Waals surface area contributed by atoms with Crippen molar-refractivity contribution >= 4 is 17.4 Å². The summed E-state index contributed by atoms with van der Waals surface area (Å²) in [4.78, 5) is 27.8. The number of fused-ring (bicyclic) bond motifs is 1. The predicted molar refractivity (Wildman–Crippen MR) is 123 cm³/mol. The molecule has 0 aliphatic carbocycles. The van der Waals surface area contributed by atoms with Crippen molar-refractivity contribution in [3.8, 4) is 17.2 Å². The summed E-state index contributed by atoms with van der Waals surface area (Å²) in [7, 11) is 1.43. The van der Waals surface area contributed by atoms with E-state index in [1.165, 1.54) is 18.1 Å². The molecule has 0 saturated carbocycles. The van der Waals surface area contributed by atoms with Crippen LogP contribution in [0.4, 0.5) is 0 Å². The van der Waals surface area contributed by atoms with Gasteiger partial charge in [-0.2, -0.15) is 0 Å². The van der Waals surface area contributed by atoms with E-state index in [4.69, 9.17) is 14.2 Å². The first-order valence-electron chi connectivity index (χ1n) is 11.4. The number of aliphatic hydroxyl groups is 1. The molecular weight excluding hydrogens is 438 g/mol. The van der Waals surface area contributed by atoms with Gasteiger partial charge in [0.1, 0.15) is 17.6 Å². The van der Waals surface area contributed by atoms with Crippen molar-refractivity contribution in [1.82, 2.24) is 4.90 Å². The van der Waals surface area contributed by atoms with Gasteiger partial charge in [-0.3, -0.25) is 9.59 Å². The molecule has 0 spiro atoms. The summed E-state index contributed by atoms with van der Waals surface area (Å²) in [5, 5.41) is 21.4. The molecule has 8 nitrogen and oxygen atoms in total. The highest BCUT2D eigenvalue weighted by Crippen LogP contribution is 2.43. The van der Waals surface area contributed by atoms with Gasteiger partial charge in [0.15, 0.2) is 11.5 Å². The number of phenolic OH excluding ortho intramolecular Hbond substituents is 1. The van der Waals surface area contributed by atoms with Gasteiger partial charge in [-0.25, -0.2) is 0 Å². The van der Waals surface area contributed by atoms with Crippen molar-refractivity contribution in [3.05, 3.63) is 58.7 Å². The van der Waals surface area contributed by atoms with Gasteiger partial charge in [-0.15, -0.1) is 0 Å². The van der Waals surface area contributed by atoms with E-state index >= 15 is 0 Å². The van der Waals surface area contributed by atoms with Gasteiger partial charge < -0.3 is 29.3 Å². The standard InChI is InChI=1S/C26H27NO7/c1-14-10-17-11-16(6-8-20(17)34-14)24(29)22-23(15-5-7-19(28)21(12-15)32-2)27(26(31)25(22)30)13-18-4-3-9-33-18/h5-8,11-12,14,18,23,28-29H,3-4,9-10,13H2,1-2H3/t14-,18+,23+/m0/s1. The molecular formula is C26H27NO7. The Hall–Kier alpha value is -3.52. The number of carbonyl (C=O) groups excluding carboxylic acids is 2. The van der Waals surface area contributed by atoms with Crippen LogP contribution >= 0.6 is 0 Å². The molecule has 2 N–H and O–H groups in total. The predicted octanol–water partition coefficient (Wildman–Crippen LogP) is 3.32. The summed E-state index contributed by atoms with van der Waals surface area (Å²) in [5.41, 5.74) is 1.93. The number of phenols is 1. The molecule has 0 bridgehead atoms. The van der Waals surface area contributed by atoms with Crippen LogP contribution < -0.4 is 9.47 Å². The molecule has 3 heterocycles. The zero-order valence-electron chi connectivity index (χ0n) is 19.1. The number of aliphatic hydroxyl groups excluding tert-OH is 1. The average molecular weight is 466 g/mol. The van der Waals surface area contributed by atoms with Crippen molar-refractivity contribution < 1.29 is 34.0 Å². The number of carbonyl (C=O) groups is 2. The van der Waals surface area contributed by atoms with Crippen molar-refractivity contribution in [2.75, 3.05) is 20.3 Å². The van der Waals surface area contributed by atoms with Crippen molar-refractivity contribution in [1.29, 1.82) is 0 Å². The van der Waals surface area contributed by atoms with Crippen LogP contribution in [0.25, 0.3) is 5.76 Å². The molecule has 2 fully saturated rings. The maximum absolute atomic E-state index is 13.2. The number of likely N-dealkylation sites (tertiary alicyclic amines) is 1. The van der Waals surface area contributed by atoms with Crippen LogP contribution in [-0.2, 0) is 20.7 Å². The van der Waals surface area contributed by atoms with Crippen LogP contribution in [0.5, 0.6) is 17.2 Å². The third kappa shape index (κ3) is 3.77. The zero-order valence-corrected chi connectivity index (χ0v) is 19.1. The number of hydrogen-bond donors (Lipinski definition) is 2. The Morgan fingerprint density at radius 2 is 2.03 bits per heavy atom. The van der Waals surface area contributed by atoms with Gasteiger partial charge in [-0.1, -0.05) is 6.07 Å². The maximum atomic E-state index is 13.2. The Morgan fingerprint density at radius 3 is 2.76 bits per heavy atom. The number of benzene rings is 2. The summed E-state index contributed by atoms with van der Waals surface area (Å²) in [6.45, 7) is 2.81. The molecule has 2 aromatic rings. The number of methoxy groups -OCH3 is 1. The first-order valence-corrected chi connectivity index (χ1v) is 11.4. The fourth-order valence-electron chi connectivity index (χ4n) is 5.01. The number of Topliss-reactive ketones (excluding diaryl/α,β-unsaturated/α-hetero) is 1. The highest BCUT2D eigenvalue weighted by Gasteiger charge is 2.47. The second kappa shape index (κ2) is 8.68. The fourth-order valence-corrected chi connectivity index (χ4v) is 5.01. The van der Waals surface area contributed by atoms with Crippen LogP contribution in [0.15, 0.2) is 42.0 Å². The Morgan fingerprint density at radius 1 is 1.21 bits per heavy atom. The lowest BCUT2D eigenvalue weighted by atomic mass is 9.94. The van der Waals surface area contributed by atoms with Crippen molar-refractivity contribution in [2.45, 2.75) is 44.4 Å². The normalized spacial score (nSPS) is 25.5. The number of ether oxygens (including phenoxy) is 3. The van der Waals surface area contributed by atoms with Crippen LogP contribution in [0.2, 0.25) is 0 Å². The van der Waals surface area contributed by atoms with Crippen LogP contribution in [0.3, 0.4) is 0 Å². The number of amides is 1. The number of nitrogens with zero attached hydrogens (tertiary/aromatic N) is 1. The largest absolute Gasteiger partial charge is 0.507 e. The zero-order chi connectivity index (χ0) is 24.0. The van der Waals surface area contributed by atoms with Gasteiger partial charge in [-0.05, 0) is 61.2 Å². The van der Waals surface area contributed by atoms with Crippen molar-refractivity contribution in [3.63, 3.8) is 0 Å². The number of hydrogen-bond acceptors (Lipinski definition) is 7. The molecule has 5 rings (SSSR count). The summed E-state index contributed by atoms with van der Waals surface area (Å²) in [6, 6.07) is 9.08. The molecule has 8 heteroatoms. The second-order valence-electron chi connectivity index (χ2n) is 8.97. The highest BCUT2D eigenvalue weighted by molar-refractivity contribution is 6.46. The Labute approximate surface area is 197 Å². The topological polar surface area (TPSA) is 106 Å². The second-order valence-corrected chi connectivity index (χ2v) is 8.97. The Balaban J connectivity index is 1.62. The Kier molecular flexibility index (Phi) is 5.69. The lowest BCUT2D eigenvalue weighted by Crippen LogP contribution is -2.36. The average Bonchev–Trinajstić information content (AvgIpc) is 3.53. The van der Waals surface area contributed by atoms with Crippen LogP contribution in [0, 0.1) is 0 Å². The maximum Gasteiger partial charge on any atom is 0.295 e. The molecule has 1 amide bonds. The van der Waals surface area contributed by atoms with Crippen LogP contribution in [0.1, 0.15) is 42.5 Å². The summed E-state index contributed by atoms with van der Waals surface area (Å²) >= 11 is 0. The minimum absolute atomic E-state index is 0.00246. The van der Waals surface area contributed by atoms with Gasteiger partial charge in [0.2, 0.25) is 0 Å². The van der Waals surface area contributed by atoms with E-state index in [2.05, 4.69) is 0 Å². The van der Waals surface area contributed by atoms with Crippen LogP contribution in [-0.4, -0.2) is 59.3 Å². The van der Waals surface area contributed by atoms with E-state index in [0.29, 0.717) is 24.2 Å². The smallest absolute Gasteiger partial charge is 0.295 e. The van der Waals surface area contributed by atoms with E-state index in [-0.39, 0.29) is 41.6 Å². The highest BCUT2D eigenvalue weighted by atomic mass is 16.5. The van der Waals surface area contributed by atoms with E-state index in [9.17, 15) is 19.8 Å². The first kappa shape index (κ1) is 22.3. The van der Waals surface area contributed by atoms with Gasteiger partial charge >= 0.3 is 0 Å². The first-order chi connectivity index (χ1) is 16.4. The SMILES string of the molecule is COc1cc([C@@H]2C(=C(O)c3ccc4c(c3)C[C@H](C)O4)C(=O)C(=O)N2C[C@H]2CCCO2)ccc1O. The molecule has 178 valence electrons. The van der Waals surface area contributed by atoms with Gasteiger partial charge in [0.25, 0.3) is 11.7 Å². The van der Waals surface area contributed by atoms with Gasteiger partial charge in [0.05, 0.1) is 24.8 Å². The monoisotopic (exact) mass is 465 g/mol. The molecule has 0 unspecified atom stereocenters. The third-order valence-corrected chi connectivity index (χ3v) is 6.65. The lowest BCUT2D eigenvalue weighted by Gasteiger charge is -2.27. The lowest BCUT2D eigenvalue weighted by molar-refractivity contribution is -0.140. The quantitative estimate of drug-likeness (QED) is 0.396.